The van der Waals surface area contributed by atoms with Crippen molar-refractivity contribution in [2.75, 3.05) is 5.32 Å². The van der Waals surface area contributed by atoms with Crippen LogP contribution in [0.4, 0.5) is 5.69 Å². The van der Waals surface area contributed by atoms with Gasteiger partial charge in [-0.15, -0.1) is 10.2 Å². The highest BCUT2D eigenvalue weighted by Gasteiger charge is 2.06. The number of aromatic hydroxyl groups is 1. The van der Waals surface area contributed by atoms with Gasteiger partial charge in [0.2, 0.25) is 12.3 Å². The lowest BCUT2D eigenvalue weighted by Gasteiger charge is -2.11. The van der Waals surface area contributed by atoms with Gasteiger partial charge in [0.1, 0.15) is 5.75 Å². The van der Waals surface area contributed by atoms with Gasteiger partial charge in [-0.25, -0.2) is 0 Å². The molecule has 3 aromatic rings. The fourth-order valence-corrected chi connectivity index (χ4v) is 2.06. The number of nitrogens with zero attached hydrogens (tertiary/aromatic N) is 2. The molecule has 0 fully saturated rings. The zero-order valence-corrected chi connectivity index (χ0v) is 11.6. The molecule has 0 aliphatic rings. The molecule has 0 unspecified atom stereocenters. The standard InChI is InChI=1S/C16H15N3O2/c1-11-2-5-13(16-19-18-10-21-16)8-15(11)17-9-12-3-6-14(20)7-4-12/h2-8,10,17,20H,9H2,1H3. The van der Waals surface area contributed by atoms with E-state index >= 15 is 0 Å². The molecule has 5 heteroatoms. The largest absolute Gasteiger partial charge is 0.508 e. The monoisotopic (exact) mass is 281 g/mol. The summed E-state index contributed by atoms with van der Waals surface area (Å²) in [5.74, 6) is 0.774. The number of phenolic OH excluding ortho intramolecular Hbond substituents is 1. The summed E-state index contributed by atoms with van der Waals surface area (Å²) in [6, 6.07) is 13.1. The molecule has 0 saturated heterocycles. The highest BCUT2D eigenvalue weighted by molar-refractivity contribution is 5.64. The molecule has 21 heavy (non-hydrogen) atoms. The zero-order valence-electron chi connectivity index (χ0n) is 11.6. The van der Waals surface area contributed by atoms with Gasteiger partial charge in [-0.05, 0) is 42.3 Å². The number of benzene rings is 2. The number of hydrogen-bond donors (Lipinski definition) is 2. The first-order valence-corrected chi connectivity index (χ1v) is 6.61. The fourth-order valence-electron chi connectivity index (χ4n) is 2.06. The quantitative estimate of drug-likeness (QED) is 0.767. The molecule has 1 heterocycles. The van der Waals surface area contributed by atoms with E-state index in [-0.39, 0.29) is 5.75 Å². The molecule has 0 saturated carbocycles. The van der Waals surface area contributed by atoms with Gasteiger partial charge in [-0.2, -0.15) is 0 Å². The van der Waals surface area contributed by atoms with E-state index in [0.717, 1.165) is 22.4 Å². The predicted octanol–water partition coefficient (Wildman–Crippen LogP) is 3.36. The Morgan fingerprint density at radius 3 is 2.67 bits per heavy atom. The van der Waals surface area contributed by atoms with E-state index in [0.29, 0.717) is 12.4 Å². The van der Waals surface area contributed by atoms with Crippen LogP contribution < -0.4 is 5.32 Å². The number of phenols is 1. The van der Waals surface area contributed by atoms with Gasteiger partial charge in [-0.1, -0.05) is 18.2 Å². The normalized spacial score (nSPS) is 10.5. The van der Waals surface area contributed by atoms with Crippen molar-refractivity contribution in [2.24, 2.45) is 0 Å². The molecule has 5 nitrogen and oxygen atoms in total. The molecule has 0 aliphatic heterocycles. The molecule has 2 N–H and O–H groups in total. The van der Waals surface area contributed by atoms with Gasteiger partial charge in [0.15, 0.2) is 0 Å². The minimum absolute atomic E-state index is 0.272. The van der Waals surface area contributed by atoms with E-state index in [1.807, 2.05) is 37.3 Å². The second kappa shape index (κ2) is 5.66. The van der Waals surface area contributed by atoms with Crippen LogP contribution in [0.2, 0.25) is 0 Å². The van der Waals surface area contributed by atoms with Crippen molar-refractivity contribution in [3.8, 4) is 17.2 Å². The van der Waals surface area contributed by atoms with Crippen LogP contribution in [0, 0.1) is 6.92 Å². The summed E-state index contributed by atoms with van der Waals surface area (Å²) in [7, 11) is 0. The molecule has 0 spiro atoms. The summed E-state index contributed by atoms with van der Waals surface area (Å²) in [4.78, 5) is 0. The summed E-state index contributed by atoms with van der Waals surface area (Å²) in [6.45, 7) is 2.71. The van der Waals surface area contributed by atoms with Crippen molar-refractivity contribution >= 4 is 5.69 Å². The molecule has 1 aromatic heterocycles. The summed E-state index contributed by atoms with van der Waals surface area (Å²) >= 11 is 0. The minimum Gasteiger partial charge on any atom is -0.508 e. The maximum atomic E-state index is 9.28. The van der Waals surface area contributed by atoms with Crippen LogP contribution in [0.1, 0.15) is 11.1 Å². The number of rotatable bonds is 4. The van der Waals surface area contributed by atoms with Crippen molar-refractivity contribution in [3.05, 3.63) is 60.0 Å². The minimum atomic E-state index is 0.272. The van der Waals surface area contributed by atoms with Crippen LogP contribution in [-0.4, -0.2) is 15.3 Å². The molecule has 2 aromatic carbocycles. The van der Waals surface area contributed by atoms with Gasteiger partial charge in [-0.3, -0.25) is 0 Å². The van der Waals surface area contributed by atoms with Crippen molar-refractivity contribution < 1.29 is 9.52 Å². The third-order valence-electron chi connectivity index (χ3n) is 3.26. The Labute approximate surface area is 122 Å². The predicted molar refractivity (Wildman–Crippen MR) is 79.9 cm³/mol. The van der Waals surface area contributed by atoms with Crippen LogP contribution in [0.3, 0.4) is 0 Å². The van der Waals surface area contributed by atoms with Crippen molar-refractivity contribution in [3.63, 3.8) is 0 Å². The summed E-state index contributed by atoms with van der Waals surface area (Å²) in [5.41, 5.74) is 4.12. The van der Waals surface area contributed by atoms with Crippen molar-refractivity contribution in [2.45, 2.75) is 13.5 Å². The highest BCUT2D eigenvalue weighted by Crippen LogP contribution is 2.24. The molecule has 3 rings (SSSR count). The maximum absolute atomic E-state index is 9.28. The third kappa shape index (κ3) is 3.02. The molecule has 0 amide bonds. The number of anilines is 1. The first-order valence-electron chi connectivity index (χ1n) is 6.61. The first kappa shape index (κ1) is 13.2. The molecular weight excluding hydrogens is 266 g/mol. The van der Waals surface area contributed by atoms with E-state index in [2.05, 4.69) is 15.5 Å². The number of aryl methyl sites for hydroxylation is 1. The highest BCUT2D eigenvalue weighted by atomic mass is 16.4. The lowest BCUT2D eigenvalue weighted by Crippen LogP contribution is -2.01. The Morgan fingerprint density at radius 1 is 1.14 bits per heavy atom. The molecule has 0 aliphatic carbocycles. The molecule has 0 bridgehead atoms. The number of nitrogens with one attached hydrogen (secondary N) is 1. The number of aromatic nitrogens is 2. The molecule has 0 radical (unpaired) electrons. The van der Waals surface area contributed by atoms with Gasteiger partial charge >= 0.3 is 0 Å². The summed E-state index contributed by atoms with van der Waals surface area (Å²) < 4.78 is 5.21. The topological polar surface area (TPSA) is 71.2 Å². The zero-order chi connectivity index (χ0) is 14.7. The van der Waals surface area contributed by atoms with Gasteiger partial charge in [0.05, 0.1) is 0 Å². The third-order valence-corrected chi connectivity index (χ3v) is 3.26. The van der Waals surface area contributed by atoms with E-state index in [1.54, 1.807) is 12.1 Å². The molecular formula is C16H15N3O2. The van der Waals surface area contributed by atoms with Gasteiger partial charge in [0.25, 0.3) is 0 Å². The first-order chi connectivity index (χ1) is 10.2. The lowest BCUT2D eigenvalue weighted by molar-refractivity contribution is 0.475. The fraction of sp³-hybridized carbons (Fsp3) is 0.125. The maximum Gasteiger partial charge on any atom is 0.247 e. The van der Waals surface area contributed by atoms with Crippen LogP contribution in [0.15, 0.2) is 53.3 Å². The van der Waals surface area contributed by atoms with Crippen LogP contribution in [0.5, 0.6) is 5.75 Å². The summed E-state index contributed by atoms with van der Waals surface area (Å²) in [6.07, 6.45) is 1.32. The smallest absolute Gasteiger partial charge is 0.247 e. The van der Waals surface area contributed by atoms with Gasteiger partial charge in [0, 0.05) is 17.8 Å². The Morgan fingerprint density at radius 2 is 1.95 bits per heavy atom. The van der Waals surface area contributed by atoms with Crippen LogP contribution in [0.25, 0.3) is 11.5 Å². The van der Waals surface area contributed by atoms with E-state index in [9.17, 15) is 5.11 Å². The van der Waals surface area contributed by atoms with Crippen LogP contribution >= 0.6 is 0 Å². The molecule has 106 valence electrons. The van der Waals surface area contributed by atoms with E-state index in [1.165, 1.54) is 6.39 Å². The molecule has 0 atom stereocenters. The Hall–Kier alpha value is -2.82. The average molecular weight is 281 g/mol. The number of hydrogen-bond acceptors (Lipinski definition) is 5. The Kier molecular flexibility index (Phi) is 3.55. The second-order valence-corrected chi connectivity index (χ2v) is 4.79. The van der Waals surface area contributed by atoms with Crippen molar-refractivity contribution in [1.29, 1.82) is 0 Å². The van der Waals surface area contributed by atoms with E-state index in [4.69, 9.17) is 4.42 Å². The average Bonchev–Trinajstić information content (AvgIpc) is 3.02. The second-order valence-electron chi connectivity index (χ2n) is 4.79. The Bertz CT molecular complexity index is 722. The summed E-state index contributed by atoms with van der Waals surface area (Å²) in [5, 5.41) is 20.3. The van der Waals surface area contributed by atoms with Crippen LogP contribution in [-0.2, 0) is 6.54 Å². The lowest BCUT2D eigenvalue weighted by atomic mass is 10.1. The van der Waals surface area contributed by atoms with Crippen molar-refractivity contribution in [1.82, 2.24) is 10.2 Å². The Balaban J connectivity index is 1.78. The van der Waals surface area contributed by atoms with Gasteiger partial charge < -0.3 is 14.8 Å². The van der Waals surface area contributed by atoms with E-state index < -0.39 is 0 Å². The SMILES string of the molecule is Cc1ccc(-c2nnco2)cc1NCc1ccc(O)cc1.